The number of methoxy groups -OCH3 is 1. The van der Waals surface area contributed by atoms with Gasteiger partial charge in [0, 0.05) is 42.8 Å². The minimum atomic E-state index is 0.694. The highest BCUT2D eigenvalue weighted by Gasteiger charge is 2.20. The van der Waals surface area contributed by atoms with E-state index in [0.717, 1.165) is 48.7 Å². The van der Waals surface area contributed by atoms with E-state index >= 15 is 0 Å². The highest BCUT2D eigenvalue weighted by Crippen LogP contribution is 2.30. The van der Waals surface area contributed by atoms with Crippen molar-refractivity contribution in [3.63, 3.8) is 0 Å². The first-order valence-electron chi connectivity index (χ1n) is 8.72. The summed E-state index contributed by atoms with van der Waals surface area (Å²) in [6.45, 7) is 7.68. The molecule has 1 aliphatic rings. The molecule has 5 heteroatoms. The molecular weight excluding hydrogens is 380 g/mol. The van der Waals surface area contributed by atoms with E-state index in [0.29, 0.717) is 6.61 Å². The first kappa shape index (κ1) is 18.1. The molecular formula is C20H25BrN2O2. The summed E-state index contributed by atoms with van der Waals surface area (Å²) in [5.74, 6) is 1.93. The second-order valence-corrected chi connectivity index (χ2v) is 7.04. The summed E-state index contributed by atoms with van der Waals surface area (Å²) in [7, 11) is 1.73. The van der Waals surface area contributed by atoms with E-state index in [4.69, 9.17) is 9.47 Å². The molecule has 3 rings (SSSR count). The molecule has 2 aromatic rings. The lowest BCUT2D eigenvalue weighted by Crippen LogP contribution is -2.46. The number of hydrogen-bond donors (Lipinski definition) is 0. The van der Waals surface area contributed by atoms with Crippen LogP contribution in [0.3, 0.4) is 0 Å². The summed E-state index contributed by atoms with van der Waals surface area (Å²) in [5.41, 5.74) is 2.42. The third-order valence-electron chi connectivity index (χ3n) is 4.51. The smallest absolute Gasteiger partial charge is 0.142 e. The lowest BCUT2D eigenvalue weighted by atomic mass is 10.1. The van der Waals surface area contributed by atoms with Gasteiger partial charge in [0.1, 0.15) is 11.5 Å². The molecule has 134 valence electrons. The maximum Gasteiger partial charge on any atom is 0.142 e. The molecule has 0 aliphatic carbocycles. The van der Waals surface area contributed by atoms with Gasteiger partial charge in [0.05, 0.1) is 19.4 Å². The van der Waals surface area contributed by atoms with E-state index in [1.54, 1.807) is 7.11 Å². The molecule has 0 aromatic heterocycles. The van der Waals surface area contributed by atoms with Crippen LogP contribution in [0.15, 0.2) is 46.9 Å². The number of piperazine rings is 1. The van der Waals surface area contributed by atoms with Crippen molar-refractivity contribution in [1.29, 1.82) is 0 Å². The number of nitrogens with zero attached hydrogens (tertiary/aromatic N) is 2. The van der Waals surface area contributed by atoms with Crippen LogP contribution in [0, 0.1) is 0 Å². The monoisotopic (exact) mass is 404 g/mol. The van der Waals surface area contributed by atoms with Crippen LogP contribution in [0.1, 0.15) is 12.5 Å². The molecule has 2 aromatic carbocycles. The highest BCUT2D eigenvalue weighted by atomic mass is 79.9. The summed E-state index contributed by atoms with van der Waals surface area (Å²) in [4.78, 5) is 4.89. The highest BCUT2D eigenvalue weighted by molar-refractivity contribution is 9.10. The van der Waals surface area contributed by atoms with Crippen LogP contribution < -0.4 is 14.4 Å². The van der Waals surface area contributed by atoms with Gasteiger partial charge in [-0.3, -0.25) is 4.90 Å². The fourth-order valence-electron chi connectivity index (χ4n) is 3.25. The molecule has 0 atom stereocenters. The largest absolute Gasteiger partial charge is 0.496 e. The summed E-state index contributed by atoms with van der Waals surface area (Å²) < 4.78 is 12.4. The lowest BCUT2D eigenvalue weighted by molar-refractivity contribution is 0.245. The Hall–Kier alpha value is -1.72. The Labute approximate surface area is 158 Å². The van der Waals surface area contributed by atoms with Gasteiger partial charge in [0.25, 0.3) is 0 Å². The molecule has 0 amide bonds. The predicted octanol–water partition coefficient (Wildman–Crippen LogP) is 4.18. The second-order valence-electron chi connectivity index (χ2n) is 6.12. The zero-order valence-electron chi connectivity index (χ0n) is 14.9. The first-order valence-corrected chi connectivity index (χ1v) is 9.52. The van der Waals surface area contributed by atoms with E-state index in [-0.39, 0.29) is 0 Å². The zero-order chi connectivity index (χ0) is 17.6. The Bertz CT molecular complexity index is 700. The average molecular weight is 405 g/mol. The fraction of sp³-hybridized carbons (Fsp3) is 0.400. The summed E-state index contributed by atoms with van der Waals surface area (Å²) >= 11 is 3.56. The van der Waals surface area contributed by atoms with Crippen LogP contribution in [-0.2, 0) is 6.54 Å². The molecule has 1 saturated heterocycles. The standard InChI is InChI=1S/C20H25BrN2O2/c1-3-25-20-7-5-4-6-18(20)23-12-10-22(11-13-23)15-16-14-17(21)8-9-19(16)24-2/h4-9,14H,3,10-13,15H2,1-2H3. The van der Waals surface area contributed by atoms with Gasteiger partial charge in [-0.05, 0) is 37.3 Å². The predicted molar refractivity (Wildman–Crippen MR) is 106 cm³/mol. The van der Waals surface area contributed by atoms with Crippen LogP contribution >= 0.6 is 15.9 Å². The molecule has 25 heavy (non-hydrogen) atoms. The van der Waals surface area contributed by atoms with E-state index in [1.165, 1.54) is 11.3 Å². The molecule has 1 fully saturated rings. The number of para-hydroxylation sites is 2. The second kappa shape index (κ2) is 8.59. The number of rotatable bonds is 6. The van der Waals surface area contributed by atoms with Gasteiger partial charge < -0.3 is 14.4 Å². The Morgan fingerprint density at radius 1 is 1.00 bits per heavy atom. The van der Waals surface area contributed by atoms with Gasteiger partial charge in [-0.2, -0.15) is 0 Å². The third-order valence-corrected chi connectivity index (χ3v) is 5.01. The van der Waals surface area contributed by atoms with Crippen LogP contribution in [0.4, 0.5) is 5.69 Å². The number of hydrogen-bond acceptors (Lipinski definition) is 4. The van der Waals surface area contributed by atoms with Crippen LogP contribution in [-0.4, -0.2) is 44.8 Å². The fourth-order valence-corrected chi connectivity index (χ4v) is 3.66. The molecule has 1 aliphatic heterocycles. The molecule has 0 spiro atoms. The van der Waals surface area contributed by atoms with Crippen molar-refractivity contribution in [2.45, 2.75) is 13.5 Å². The Kier molecular flexibility index (Phi) is 6.21. The van der Waals surface area contributed by atoms with Crippen LogP contribution in [0.5, 0.6) is 11.5 Å². The number of ether oxygens (including phenoxy) is 2. The minimum Gasteiger partial charge on any atom is -0.496 e. The van der Waals surface area contributed by atoms with Crippen molar-refractivity contribution in [1.82, 2.24) is 4.90 Å². The molecule has 4 nitrogen and oxygen atoms in total. The Morgan fingerprint density at radius 3 is 2.48 bits per heavy atom. The average Bonchev–Trinajstić information content (AvgIpc) is 2.63. The minimum absolute atomic E-state index is 0.694. The van der Waals surface area contributed by atoms with E-state index in [1.807, 2.05) is 25.1 Å². The van der Waals surface area contributed by atoms with Gasteiger partial charge >= 0.3 is 0 Å². The molecule has 0 N–H and O–H groups in total. The van der Waals surface area contributed by atoms with Gasteiger partial charge in [-0.25, -0.2) is 0 Å². The van der Waals surface area contributed by atoms with E-state index in [2.05, 4.69) is 50.0 Å². The van der Waals surface area contributed by atoms with Crippen LogP contribution in [0.25, 0.3) is 0 Å². The normalized spacial score (nSPS) is 15.2. The number of benzene rings is 2. The van der Waals surface area contributed by atoms with Gasteiger partial charge in [0.2, 0.25) is 0 Å². The molecule has 1 heterocycles. The number of anilines is 1. The maximum atomic E-state index is 5.78. The third kappa shape index (κ3) is 4.47. The van der Waals surface area contributed by atoms with Crippen molar-refractivity contribution in [2.24, 2.45) is 0 Å². The van der Waals surface area contributed by atoms with E-state index in [9.17, 15) is 0 Å². The van der Waals surface area contributed by atoms with E-state index < -0.39 is 0 Å². The SMILES string of the molecule is CCOc1ccccc1N1CCN(Cc2cc(Br)ccc2OC)CC1. The van der Waals surface area contributed by atoms with Gasteiger partial charge in [-0.1, -0.05) is 28.1 Å². The van der Waals surface area contributed by atoms with Crippen molar-refractivity contribution in [3.8, 4) is 11.5 Å². The zero-order valence-corrected chi connectivity index (χ0v) is 16.5. The molecule has 0 bridgehead atoms. The first-order chi connectivity index (χ1) is 12.2. The van der Waals surface area contributed by atoms with Crippen molar-refractivity contribution in [2.75, 3.05) is 44.8 Å². The summed E-state index contributed by atoms with van der Waals surface area (Å²) in [6.07, 6.45) is 0. The van der Waals surface area contributed by atoms with Crippen molar-refractivity contribution in [3.05, 3.63) is 52.5 Å². The lowest BCUT2D eigenvalue weighted by Gasteiger charge is -2.36. The quantitative estimate of drug-likeness (QED) is 0.720. The summed E-state index contributed by atoms with van der Waals surface area (Å²) in [6, 6.07) is 14.5. The maximum absolute atomic E-state index is 5.78. The molecule has 0 radical (unpaired) electrons. The topological polar surface area (TPSA) is 24.9 Å². The Morgan fingerprint density at radius 2 is 1.76 bits per heavy atom. The van der Waals surface area contributed by atoms with Crippen LogP contribution in [0.2, 0.25) is 0 Å². The Balaban J connectivity index is 1.64. The summed E-state index contributed by atoms with van der Waals surface area (Å²) in [5, 5.41) is 0. The van der Waals surface area contributed by atoms with Crippen molar-refractivity contribution < 1.29 is 9.47 Å². The molecule has 0 saturated carbocycles. The number of halogens is 1. The van der Waals surface area contributed by atoms with Gasteiger partial charge in [0.15, 0.2) is 0 Å². The molecule has 0 unspecified atom stereocenters. The van der Waals surface area contributed by atoms with Gasteiger partial charge in [-0.15, -0.1) is 0 Å². The van der Waals surface area contributed by atoms with Crippen molar-refractivity contribution >= 4 is 21.6 Å².